The van der Waals surface area contributed by atoms with Gasteiger partial charge in [0.05, 0.1) is 5.92 Å². The second-order valence-corrected chi connectivity index (χ2v) is 6.47. The fourth-order valence-corrected chi connectivity index (χ4v) is 3.43. The molecule has 2 aliphatic rings. The maximum Gasteiger partial charge on any atom is 0.253 e. The third-order valence-electron chi connectivity index (χ3n) is 4.67. The molecular weight excluding hydrogens is 363 g/mol. The van der Waals surface area contributed by atoms with Crippen molar-refractivity contribution in [3.8, 4) is 0 Å². The molecule has 2 amide bonds. The molecule has 0 saturated carbocycles. The summed E-state index contributed by atoms with van der Waals surface area (Å²) in [5, 5.41) is 3.35. The van der Waals surface area contributed by atoms with Gasteiger partial charge in [-0.25, -0.2) is 0 Å². The number of piperazine rings is 1. The first-order chi connectivity index (χ1) is 11.1. The van der Waals surface area contributed by atoms with E-state index < -0.39 is 0 Å². The van der Waals surface area contributed by atoms with Crippen LogP contribution in [0.3, 0.4) is 0 Å². The fraction of sp³-hybridized carbons (Fsp3) is 0.588. The Hall–Kier alpha value is -1.37. The molecule has 140 valence electrons. The number of likely N-dealkylation sites (tertiary alicyclic amines) is 1. The van der Waals surface area contributed by atoms with Gasteiger partial charge in [0.15, 0.2) is 0 Å². The first kappa shape index (κ1) is 21.7. The minimum atomic E-state index is -0.0696. The lowest BCUT2D eigenvalue weighted by Gasteiger charge is -2.38. The fourth-order valence-electron chi connectivity index (χ4n) is 3.43. The highest BCUT2D eigenvalue weighted by molar-refractivity contribution is 5.94. The number of nitrogens with zero attached hydrogens (tertiary/aromatic N) is 3. The number of piperidine rings is 1. The molecule has 0 bridgehead atoms. The Morgan fingerprint density at radius 3 is 2.52 bits per heavy atom. The third-order valence-corrected chi connectivity index (χ3v) is 4.67. The number of halogens is 2. The summed E-state index contributed by atoms with van der Waals surface area (Å²) in [5.41, 5.74) is 0.642. The van der Waals surface area contributed by atoms with Crippen LogP contribution < -0.4 is 5.32 Å². The van der Waals surface area contributed by atoms with Gasteiger partial charge in [0.2, 0.25) is 5.91 Å². The van der Waals surface area contributed by atoms with E-state index in [1.54, 1.807) is 24.5 Å². The van der Waals surface area contributed by atoms with E-state index in [2.05, 4.69) is 17.2 Å². The Morgan fingerprint density at radius 1 is 1.12 bits per heavy atom. The van der Waals surface area contributed by atoms with Gasteiger partial charge in [-0.3, -0.25) is 14.6 Å². The van der Waals surface area contributed by atoms with E-state index in [0.29, 0.717) is 18.2 Å². The van der Waals surface area contributed by atoms with Gasteiger partial charge in [0.25, 0.3) is 5.91 Å². The highest BCUT2D eigenvalue weighted by Gasteiger charge is 2.32. The van der Waals surface area contributed by atoms with Crippen LogP contribution in [-0.2, 0) is 4.79 Å². The minimum Gasteiger partial charge on any atom is -0.340 e. The molecule has 1 aromatic heterocycles. The van der Waals surface area contributed by atoms with E-state index >= 15 is 0 Å². The first-order valence-electron chi connectivity index (χ1n) is 8.36. The molecule has 3 heterocycles. The Bertz CT molecular complexity index is 573. The number of hydrogen-bond acceptors (Lipinski definition) is 4. The Kier molecular flexibility index (Phi) is 8.62. The molecule has 2 aliphatic heterocycles. The van der Waals surface area contributed by atoms with Gasteiger partial charge in [-0.05, 0) is 31.9 Å². The Labute approximate surface area is 161 Å². The number of hydrogen-bond donors (Lipinski definition) is 1. The molecule has 2 fully saturated rings. The van der Waals surface area contributed by atoms with Gasteiger partial charge in [-0.15, -0.1) is 24.8 Å². The molecule has 25 heavy (non-hydrogen) atoms. The largest absolute Gasteiger partial charge is 0.340 e. The summed E-state index contributed by atoms with van der Waals surface area (Å²) in [6.45, 7) is 5.71. The molecule has 3 rings (SSSR count). The summed E-state index contributed by atoms with van der Waals surface area (Å²) in [5.74, 6) is 0.129. The number of carbonyl (C=O) groups is 2. The quantitative estimate of drug-likeness (QED) is 0.835. The Morgan fingerprint density at radius 2 is 1.84 bits per heavy atom. The third kappa shape index (κ3) is 5.30. The normalized spacial score (nSPS) is 23.2. The van der Waals surface area contributed by atoms with Crippen molar-refractivity contribution in [3.63, 3.8) is 0 Å². The number of amides is 2. The monoisotopic (exact) mass is 388 g/mol. The predicted molar refractivity (Wildman–Crippen MR) is 101 cm³/mol. The van der Waals surface area contributed by atoms with Crippen LogP contribution >= 0.6 is 24.8 Å². The maximum absolute atomic E-state index is 12.8. The lowest BCUT2D eigenvalue weighted by Crippen LogP contribution is -2.54. The highest BCUT2D eigenvalue weighted by atomic mass is 35.5. The summed E-state index contributed by atoms with van der Waals surface area (Å²) in [7, 11) is 0. The van der Waals surface area contributed by atoms with E-state index in [1.807, 2.05) is 9.80 Å². The van der Waals surface area contributed by atoms with Gasteiger partial charge in [-0.2, -0.15) is 0 Å². The molecule has 0 aliphatic carbocycles. The van der Waals surface area contributed by atoms with Crippen LogP contribution in [0, 0.1) is 5.92 Å². The smallest absolute Gasteiger partial charge is 0.253 e. The van der Waals surface area contributed by atoms with E-state index in [0.717, 1.165) is 39.0 Å². The lowest BCUT2D eigenvalue weighted by atomic mass is 9.95. The van der Waals surface area contributed by atoms with Crippen molar-refractivity contribution in [2.45, 2.75) is 25.8 Å². The molecule has 8 heteroatoms. The second kappa shape index (κ2) is 9.94. The molecule has 1 aromatic rings. The lowest BCUT2D eigenvalue weighted by molar-refractivity contribution is -0.138. The van der Waals surface area contributed by atoms with Crippen molar-refractivity contribution in [3.05, 3.63) is 30.1 Å². The van der Waals surface area contributed by atoms with Gasteiger partial charge in [-0.1, -0.05) is 0 Å². The summed E-state index contributed by atoms with van der Waals surface area (Å²) >= 11 is 0. The number of carbonyl (C=O) groups excluding carboxylic acids is 2. The summed E-state index contributed by atoms with van der Waals surface area (Å²) in [6.07, 6.45) is 5.01. The average Bonchev–Trinajstić information content (AvgIpc) is 2.61. The first-order valence-corrected chi connectivity index (χ1v) is 8.36. The molecule has 2 atom stereocenters. The van der Waals surface area contributed by atoms with Crippen LogP contribution in [0.1, 0.15) is 30.1 Å². The summed E-state index contributed by atoms with van der Waals surface area (Å²) in [6, 6.07) is 3.79. The Balaban J connectivity index is 0.00000156. The average molecular weight is 389 g/mol. The maximum atomic E-state index is 12.8. The molecule has 2 saturated heterocycles. The zero-order valence-corrected chi connectivity index (χ0v) is 16.0. The van der Waals surface area contributed by atoms with Gasteiger partial charge >= 0.3 is 0 Å². The topological polar surface area (TPSA) is 65.5 Å². The van der Waals surface area contributed by atoms with Gasteiger partial charge in [0.1, 0.15) is 0 Å². The van der Waals surface area contributed by atoms with E-state index in [-0.39, 0.29) is 42.5 Å². The van der Waals surface area contributed by atoms with Crippen molar-refractivity contribution >= 4 is 36.6 Å². The van der Waals surface area contributed by atoms with Crippen LogP contribution in [0.2, 0.25) is 0 Å². The number of pyridine rings is 1. The van der Waals surface area contributed by atoms with Crippen LogP contribution in [0.25, 0.3) is 0 Å². The second-order valence-electron chi connectivity index (χ2n) is 6.47. The van der Waals surface area contributed by atoms with E-state index in [1.165, 1.54) is 0 Å². The van der Waals surface area contributed by atoms with Gasteiger partial charge in [0, 0.05) is 56.7 Å². The molecule has 2 unspecified atom stereocenters. The zero-order chi connectivity index (χ0) is 16.2. The highest BCUT2D eigenvalue weighted by Crippen LogP contribution is 2.21. The van der Waals surface area contributed by atoms with Crippen LogP contribution in [-0.4, -0.2) is 65.4 Å². The number of rotatable bonds is 2. The molecule has 0 spiro atoms. The SMILES string of the molecule is CC1CN(C(=O)C2CCCN(C(=O)c3ccncc3)C2)CCN1.Cl.Cl. The summed E-state index contributed by atoms with van der Waals surface area (Å²) < 4.78 is 0. The zero-order valence-electron chi connectivity index (χ0n) is 14.4. The molecule has 6 nitrogen and oxygen atoms in total. The number of nitrogens with one attached hydrogen (secondary N) is 1. The van der Waals surface area contributed by atoms with Crippen LogP contribution in [0.15, 0.2) is 24.5 Å². The predicted octanol–water partition coefficient (Wildman–Crippen LogP) is 1.60. The molecule has 0 radical (unpaired) electrons. The van der Waals surface area contributed by atoms with Gasteiger partial charge < -0.3 is 15.1 Å². The van der Waals surface area contributed by atoms with Crippen molar-refractivity contribution in [2.75, 3.05) is 32.7 Å². The number of aromatic nitrogens is 1. The van der Waals surface area contributed by atoms with Crippen molar-refractivity contribution < 1.29 is 9.59 Å². The van der Waals surface area contributed by atoms with Crippen LogP contribution in [0.5, 0.6) is 0 Å². The molecule has 0 aromatic carbocycles. The van der Waals surface area contributed by atoms with Crippen LogP contribution in [0.4, 0.5) is 0 Å². The standard InChI is InChI=1S/C17H24N4O2.2ClH/c1-13-11-21(10-8-19-13)17(23)15-3-2-9-20(12-15)16(22)14-4-6-18-7-5-14;;/h4-7,13,15,19H,2-3,8-12H2,1H3;2*1H. The van der Waals surface area contributed by atoms with Crippen molar-refractivity contribution in [1.29, 1.82) is 0 Å². The van der Waals surface area contributed by atoms with Crippen molar-refractivity contribution in [2.24, 2.45) is 5.92 Å². The molecular formula is C17H26Cl2N4O2. The molecule has 1 N–H and O–H groups in total. The minimum absolute atomic E-state index is 0. The van der Waals surface area contributed by atoms with Crippen molar-refractivity contribution in [1.82, 2.24) is 20.1 Å². The summed E-state index contributed by atoms with van der Waals surface area (Å²) in [4.78, 5) is 33.0. The van der Waals surface area contributed by atoms with E-state index in [9.17, 15) is 9.59 Å². The van der Waals surface area contributed by atoms with E-state index in [4.69, 9.17) is 0 Å².